The first-order chi connectivity index (χ1) is 12.7. The van der Waals surface area contributed by atoms with Crippen molar-refractivity contribution in [2.24, 2.45) is 0 Å². The Morgan fingerprint density at radius 3 is 2.15 bits per heavy atom. The van der Waals surface area contributed by atoms with Crippen LogP contribution in [0.2, 0.25) is 0 Å². The summed E-state index contributed by atoms with van der Waals surface area (Å²) in [5.41, 5.74) is 8.05. The highest BCUT2D eigenvalue weighted by Crippen LogP contribution is 2.41. The lowest BCUT2D eigenvalue weighted by Crippen LogP contribution is -2.68. The molecule has 27 heavy (non-hydrogen) atoms. The normalized spacial score (nSPS) is 12.1. The summed E-state index contributed by atoms with van der Waals surface area (Å²) in [4.78, 5) is 0. The molecular formula is C21H19ClO5. The summed E-state index contributed by atoms with van der Waals surface area (Å²) >= 11 is 0. The van der Waals surface area contributed by atoms with Crippen LogP contribution in [-0.2, 0) is 12.8 Å². The lowest BCUT2D eigenvalue weighted by molar-refractivity contribution is -2.00. The van der Waals surface area contributed by atoms with Crippen molar-refractivity contribution < 1.29 is 33.3 Å². The van der Waals surface area contributed by atoms with E-state index in [1.54, 1.807) is 0 Å². The first kappa shape index (κ1) is 19.5. The molecule has 6 heteroatoms. The lowest BCUT2D eigenvalue weighted by atomic mass is 9.94. The van der Waals surface area contributed by atoms with Crippen molar-refractivity contribution in [1.82, 2.24) is 0 Å². The van der Waals surface area contributed by atoms with Crippen molar-refractivity contribution in [1.29, 1.82) is 0 Å². The fourth-order valence-corrected chi connectivity index (χ4v) is 3.55. The molecule has 0 atom stereocenters. The second kappa shape index (κ2) is 7.76. The van der Waals surface area contributed by atoms with E-state index >= 15 is 0 Å². The summed E-state index contributed by atoms with van der Waals surface area (Å²) in [5.74, 6) is 2.17. The van der Waals surface area contributed by atoms with Gasteiger partial charge in [0.05, 0.1) is 24.5 Å². The zero-order chi connectivity index (χ0) is 19.6. The van der Waals surface area contributed by atoms with Crippen LogP contribution in [0.1, 0.15) is 33.8 Å². The van der Waals surface area contributed by atoms with E-state index in [4.69, 9.17) is 23.1 Å². The Morgan fingerprint density at radius 2 is 1.48 bits per heavy atom. The fourth-order valence-electron chi connectivity index (χ4n) is 3.55. The third-order valence-corrected chi connectivity index (χ3v) is 4.67. The Labute approximate surface area is 159 Å². The number of hydrogen-bond acceptors (Lipinski definition) is 4. The van der Waals surface area contributed by atoms with Crippen LogP contribution in [0.3, 0.4) is 0 Å². The number of fused-ring (bicyclic) bond motifs is 3. The van der Waals surface area contributed by atoms with Crippen molar-refractivity contribution in [2.75, 3.05) is 0 Å². The molecule has 5 nitrogen and oxygen atoms in total. The van der Waals surface area contributed by atoms with Crippen molar-refractivity contribution >= 4 is 0 Å². The summed E-state index contributed by atoms with van der Waals surface area (Å²) in [6.07, 6.45) is 1.84. The van der Waals surface area contributed by atoms with Gasteiger partial charge < -0.3 is 0 Å². The molecule has 1 aliphatic carbocycles. The Morgan fingerprint density at radius 1 is 0.889 bits per heavy atom. The largest absolute Gasteiger partial charge is 0.341 e. The van der Waals surface area contributed by atoms with E-state index in [2.05, 4.69) is 68.4 Å². The third kappa shape index (κ3) is 4.71. The van der Waals surface area contributed by atoms with Crippen LogP contribution in [0.5, 0.6) is 0 Å². The second-order valence-electron chi connectivity index (χ2n) is 6.43. The molecule has 0 saturated heterocycles. The first-order valence-electron chi connectivity index (χ1n) is 8.43. The van der Waals surface area contributed by atoms with E-state index < -0.39 is 10.2 Å². The van der Waals surface area contributed by atoms with Crippen molar-refractivity contribution in [2.45, 2.75) is 26.7 Å². The molecular weight excluding hydrogens is 368 g/mol. The van der Waals surface area contributed by atoms with Gasteiger partial charge in [0.1, 0.15) is 0 Å². The number of hydrogen-bond donors (Lipinski definition) is 0. The van der Waals surface area contributed by atoms with Gasteiger partial charge in [-0.1, -0.05) is 54.6 Å². The van der Waals surface area contributed by atoms with Crippen LogP contribution in [0.25, 0.3) is 11.1 Å². The number of halogens is 1. The van der Waals surface area contributed by atoms with E-state index in [0.29, 0.717) is 0 Å². The number of benzene rings is 2. The average Bonchev–Trinajstić information content (AvgIpc) is 2.96. The van der Waals surface area contributed by atoms with Crippen LogP contribution in [0, 0.1) is 24.1 Å². The Bertz CT molecular complexity index is 943. The van der Waals surface area contributed by atoms with Gasteiger partial charge in [0.15, 0.2) is 0 Å². The molecule has 4 rings (SSSR count). The van der Waals surface area contributed by atoms with Crippen LogP contribution in [0.15, 0.2) is 59.0 Å². The van der Waals surface area contributed by atoms with Gasteiger partial charge in [-0.05, 0) is 29.2 Å². The Hall–Kier alpha value is -2.28. The molecule has 0 spiro atoms. The monoisotopic (exact) mass is 386 g/mol. The number of aryl methyl sites for hydroxylation is 1. The maximum absolute atomic E-state index is 8.49. The SMILES string of the molecule is Cc1[o+]c2c(c(C)c1Cc1ccccc1)-c1ccccc1C2.[O-][Cl+3]([O-])([O-])[O-]. The molecule has 0 aliphatic heterocycles. The van der Waals surface area contributed by atoms with Gasteiger partial charge >= 0.3 is 11.5 Å². The van der Waals surface area contributed by atoms with Gasteiger partial charge in [0, 0.05) is 6.42 Å². The fraction of sp³-hybridized carbons (Fsp3) is 0.190. The van der Waals surface area contributed by atoms with Gasteiger partial charge in [-0.15, -0.1) is 10.2 Å². The van der Waals surface area contributed by atoms with E-state index in [9.17, 15) is 0 Å². The quantitative estimate of drug-likeness (QED) is 0.469. The van der Waals surface area contributed by atoms with Crippen LogP contribution in [-0.4, -0.2) is 0 Å². The van der Waals surface area contributed by atoms with Crippen molar-refractivity contribution in [3.63, 3.8) is 0 Å². The maximum atomic E-state index is 8.49. The molecule has 0 fully saturated rings. The zero-order valence-electron chi connectivity index (χ0n) is 15.0. The molecule has 0 bridgehead atoms. The minimum atomic E-state index is -4.94. The van der Waals surface area contributed by atoms with Gasteiger partial charge in [0.2, 0.25) is 0 Å². The summed E-state index contributed by atoms with van der Waals surface area (Å²) in [7, 11) is -4.94. The average molecular weight is 387 g/mol. The zero-order valence-corrected chi connectivity index (χ0v) is 15.8. The first-order valence-corrected chi connectivity index (χ1v) is 9.66. The predicted molar refractivity (Wildman–Crippen MR) is 90.1 cm³/mol. The van der Waals surface area contributed by atoms with E-state index in [-0.39, 0.29) is 0 Å². The van der Waals surface area contributed by atoms with Crippen molar-refractivity contribution in [3.8, 4) is 11.1 Å². The smallest absolute Gasteiger partial charge is 0.222 e. The lowest BCUT2D eigenvalue weighted by Gasteiger charge is -2.17. The molecule has 0 unspecified atom stereocenters. The molecule has 0 radical (unpaired) electrons. The molecule has 140 valence electrons. The van der Waals surface area contributed by atoms with E-state index in [1.165, 1.54) is 33.4 Å². The van der Waals surface area contributed by atoms with Gasteiger partial charge in [0.25, 0.3) is 0 Å². The molecule has 0 N–H and O–H groups in total. The molecule has 0 saturated carbocycles. The van der Waals surface area contributed by atoms with Gasteiger partial charge in [-0.3, -0.25) is 0 Å². The molecule has 2 aromatic carbocycles. The third-order valence-electron chi connectivity index (χ3n) is 4.67. The summed E-state index contributed by atoms with van der Waals surface area (Å²) in [6, 6.07) is 19.3. The highest BCUT2D eigenvalue weighted by molar-refractivity contribution is 5.78. The number of rotatable bonds is 2. The summed E-state index contributed by atoms with van der Waals surface area (Å²) in [6.45, 7) is 4.33. The molecule has 1 heterocycles. The Kier molecular flexibility index (Phi) is 5.60. The molecule has 1 aromatic heterocycles. The highest BCUT2D eigenvalue weighted by Gasteiger charge is 2.33. The standard InChI is InChI=1S/C21H19O.ClHO4/c1-14-19(12-16-8-4-3-5-9-16)15(2)22-20-13-17-10-6-7-11-18(17)21(14)20;2-1(3,4)5/h3-11H,12-13H2,1-2H3;(H,2,3,4,5)/q+1;/p-1. The van der Waals surface area contributed by atoms with E-state index in [0.717, 1.165) is 24.4 Å². The Balaban J connectivity index is 0.000000376. The summed E-state index contributed by atoms with van der Waals surface area (Å²) < 4.78 is 40.2. The van der Waals surface area contributed by atoms with Crippen LogP contribution >= 0.6 is 0 Å². The van der Waals surface area contributed by atoms with E-state index in [1.807, 2.05) is 0 Å². The minimum absolute atomic E-state index is 0.915. The molecule has 0 amide bonds. The van der Waals surface area contributed by atoms with Gasteiger partial charge in [-0.25, -0.2) is 23.1 Å². The topological polar surface area (TPSA) is 104 Å². The molecule has 3 aromatic rings. The summed E-state index contributed by atoms with van der Waals surface area (Å²) in [5, 5.41) is 0. The van der Waals surface area contributed by atoms with Crippen LogP contribution in [0.4, 0.5) is 0 Å². The van der Waals surface area contributed by atoms with Crippen molar-refractivity contribution in [3.05, 3.63) is 88.4 Å². The second-order valence-corrected chi connectivity index (χ2v) is 7.19. The van der Waals surface area contributed by atoms with Gasteiger partial charge in [-0.2, -0.15) is 0 Å². The predicted octanol–water partition coefficient (Wildman–Crippen LogP) is 0.584. The minimum Gasteiger partial charge on any atom is -0.222 e. The molecule has 1 aliphatic rings. The highest BCUT2D eigenvalue weighted by atomic mass is 35.7. The van der Waals surface area contributed by atoms with Crippen LogP contribution < -0.4 is 18.6 Å². The maximum Gasteiger partial charge on any atom is 0.341 e.